The highest BCUT2D eigenvalue weighted by molar-refractivity contribution is 5.95. The van der Waals surface area contributed by atoms with Crippen molar-refractivity contribution < 1.29 is 9.53 Å². The third-order valence-corrected chi connectivity index (χ3v) is 4.80. The Kier molecular flexibility index (Phi) is 5.19. The van der Waals surface area contributed by atoms with Gasteiger partial charge in [-0.1, -0.05) is 0 Å². The van der Waals surface area contributed by atoms with Crippen molar-refractivity contribution in [2.75, 3.05) is 25.0 Å². The predicted molar refractivity (Wildman–Crippen MR) is 94.3 cm³/mol. The van der Waals surface area contributed by atoms with E-state index in [9.17, 15) is 4.79 Å². The normalized spacial score (nSPS) is 19.8. The number of aryl methyl sites for hydroxylation is 2. The minimum atomic E-state index is -0.233. The molecule has 2 atom stereocenters. The Morgan fingerprint density at radius 3 is 2.92 bits per heavy atom. The number of aromatic nitrogens is 4. The highest BCUT2D eigenvalue weighted by Crippen LogP contribution is 2.19. The lowest BCUT2D eigenvalue weighted by Crippen LogP contribution is -2.51. The Morgan fingerprint density at radius 2 is 2.28 bits per heavy atom. The molecule has 0 spiro atoms. The number of hydrogen-bond acceptors (Lipinski definition) is 5. The third-order valence-electron chi connectivity index (χ3n) is 4.80. The van der Waals surface area contributed by atoms with Gasteiger partial charge in [-0.15, -0.1) is 0 Å². The molecule has 3 heterocycles. The van der Waals surface area contributed by atoms with Gasteiger partial charge in [0.1, 0.15) is 0 Å². The lowest BCUT2D eigenvalue weighted by Gasteiger charge is -2.36. The smallest absolute Gasteiger partial charge is 0.241 e. The number of hydrogen-bond donors (Lipinski definition) is 1. The lowest BCUT2D eigenvalue weighted by molar-refractivity contribution is -0.124. The van der Waals surface area contributed by atoms with Gasteiger partial charge in [0.15, 0.2) is 0 Å². The number of rotatable bonds is 5. The summed E-state index contributed by atoms with van der Waals surface area (Å²) in [4.78, 5) is 14.9. The summed E-state index contributed by atoms with van der Waals surface area (Å²) in [6.45, 7) is 8.56. The average molecular weight is 346 g/mol. The van der Waals surface area contributed by atoms with Crippen molar-refractivity contribution in [1.82, 2.24) is 24.5 Å². The largest absolute Gasteiger partial charge is 0.374 e. The molecule has 0 aromatic carbocycles. The number of carbonyl (C=O) groups excluding carboxylic acids is 1. The maximum absolute atomic E-state index is 12.7. The fourth-order valence-electron chi connectivity index (χ4n) is 3.17. The molecule has 2 aromatic rings. The van der Waals surface area contributed by atoms with Gasteiger partial charge in [-0.05, 0) is 26.8 Å². The number of anilines is 1. The SMILES string of the molecule is Cc1nn(C)c(C)c1NC(=O)[C@H](C)N1CCO[C@H](Cn2cccn2)C1. The number of carbonyl (C=O) groups is 1. The number of morpholine rings is 1. The summed E-state index contributed by atoms with van der Waals surface area (Å²) in [5, 5.41) is 11.6. The van der Waals surface area contributed by atoms with Crippen LogP contribution < -0.4 is 5.32 Å². The van der Waals surface area contributed by atoms with Gasteiger partial charge in [0.05, 0.1) is 42.4 Å². The van der Waals surface area contributed by atoms with Gasteiger partial charge in [-0.25, -0.2) is 0 Å². The molecule has 2 aromatic heterocycles. The van der Waals surface area contributed by atoms with Gasteiger partial charge in [0.25, 0.3) is 0 Å². The van der Waals surface area contributed by atoms with Crippen LogP contribution >= 0.6 is 0 Å². The molecule has 0 aliphatic carbocycles. The van der Waals surface area contributed by atoms with Crippen molar-refractivity contribution in [2.24, 2.45) is 7.05 Å². The van der Waals surface area contributed by atoms with Crippen molar-refractivity contribution >= 4 is 11.6 Å². The molecule has 0 unspecified atom stereocenters. The lowest BCUT2D eigenvalue weighted by atomic mass is 10.2. The van der Waals surface area contributed by atoms with Crippen LogP contribution in [0.5, 0.6) is 0 Å². The first-order valence-electron chi connectivity index (χ1n) is 8.60. The fourth-order valence-corrected chi connectivity index (χ4v) is 3.17. The summed E-state index contributed by atoms with van der Waals surface area (Å²) >= 11 is 0. The fraction of sp³-hybridized carbons (Fsp3) is 0.588. The Labute approximate surface area is 147 Å². The van der Waals surface area contributed by atoms with E-state index in [2.05, 4.69) is 20.4 Å². The second kappa shape index (κ2) is 7.37. The van der Waals surface area contributed by atoms with Gasteiger partial charge < -0.3 is 10.1 Å². The van der Waals surface area contributed by atoms with Crippen LogP contribution in [0.2, 0.25) is 0 Å². The van der Waals surface area contributed by atoms with Crippen LogP contribution in [0.3, 0.4) is 0 Å². The van der Waals surface area contributed by atoms with Gasteiger partial charge in [-0.3, -0.25) is 19.1 Å². The summed E-state index contributed by atoms with van der Waals surface area (Å²) in [6, 6.07) is 1.66. The number of nitrogens with one attached hydrogen (secondary N) is 1. The zero-order valence-corrected chi connectivity index (χ0v) is 15.3. The topological polar surface area (TPSA) is 77.2 Å². The molecule has 0 saturated carbocycles. The summed E-state index contributed by atoms with van der Waals surface area (Å²) < 4.78 is 9.47. The molecule has 0 radical (unpaired) electrons. The first-order chi connectivity index (χ1) is 12.0. The Morgan fingerprint density at radius 1 is 1.48 bits per heavy atom. The third kappa shape index (κ3) is 3.91. The van der Waals surface area contributed by atoms with E-state index in [0.29, 0.717) is 19.7 Å². The monoisotopic (exact) mass is 346 g/mol. The first-order valence-corrected chi connectivity index (χ1v) is 8.60. The minimum absolute atomic E-state index is 0.0149. The van der Waals surface area contributed by atoms with Gasteiger partial charge in [0, 0.05) is 32.5 Å². The maximum Gasteiger partial charge on any atom is 0.241 e. The van der Waals surface area contributed by atoms with E-state index in [-0.39, 0.29) is 18.1 Å². The van der Waals surface area contributed by atoms with Crippen LogP contribution in [-0.4, -0.2) is 62.2 Å². The minimum Gasteiger partial charge on any atom is -0.374 e. The van der Waals surface area contributed by atoms with Crippen LogP contribution in [0.1, 0.15) is 18.3 Å². The van der Waals surface area contributed by atoms with E-state index in [0.717, 1.165) is 23.6 Å². The summed E-state index contributed by atoms with van der Waals surface area (Å²) in [5.41, 5.74) is 2.59. The number of ether oxygens (including phenoxy) is 1. The van der Waals surface area contributed by atoms with Crippen LogP contribution in [0.25, 0.3) is 0 Å². The number of nitrogens with zero attached hydrogens (tertiary/aromatic N) is 5. The number of amides is 1. The van der Waals surface area contributed by atoms with Crippen molar-refractivity contribution in [3.63, 3.8) is 0 Å². The molecule has 1 saturated heterocycles. The Hall–Kier alpha value is -2.19. The zero-order chi connectivity index (χ0) is 18.0. The molecule has 8 heteroatoms. The van der Waals surface area contributed by atoms with Crippen LogP contribution in [0.15, 0.2) is 18.5 Å². The standard InChI is InChI=1S/C17H26N6O2/c1-12-16(13(2)21(4)20-12)19-17(24)14(3)22-8-9-25-15(10-22)11-23-7-5-6-18-23/h5-7,14-15H,8-11H2,1-4H3,(H,19,24)/t14-,15-/m0/s1. The molecule has 0 bridgehead atoms. The second-order valence-corrected chi connectivity index (χ2v) is 6.55. The molecule has 1 N–H and O–H groups in total. The maximum atomic E-state index is 12.7. The van der Waals surface area contributed by atoms with Crippen LogP contribution in [0.4, 0.5) is 5.69 Å². The van der Waals surface area contributed by atoms with E-state index < -0.39 is 0 Å². The molecule has 3 rings (SSSR count). The van der Waals surface area contributed by atoms with Crippen molar-refractivity contribution in [1.29, 1.82) is 0 Å². The zero-order valence-electron chi connectivity index (χ0n) is 15.3. The molecule has 25 heavy (non-hydrogen) atoms. The van der Waals surface area contributed by atoms with Crippen molar-refractivity contribution in [3.05, 3.63) is 29.8 Å². The van der Waals surface area contributed by atoms with Crippen LogP contribution in [0, 0.1) is 13.8 Å². The highest BCUT2D eigenvalue weighted by atomic mass is 16.5. The first kappa shape index (κ1) is 17.6. The Balaban J connectivity index is 1.61. The van der Waals surface area contributed by atoms with Crippen LogP contribution in [-0.2, 0) is 23.1 Å². The van der Waals surface area contributed by atoms with E-state index >= 15 is 0 Å². The van der Waals surface area contributed by atoms with E-state index in [1.807, 2.05) is 44.8 Å². The molecule has 1 aliphatic rings. The molecule has 1 amide bonds. The summed E-state index contributed by atoms with van der Waals surface area (Å²) in [5.74, 6) is -0.0149. The van der Waals surface area contributed by atoms with Gasteiger partial charge >= 0.3 is 0 Å². The molecule has 1 aliphatic heterocycles. The van der Waals surface area contributed by atoms with E-state index in [1.165, 1.54) is 0 Å². The van der Waals surface area contributed by atoms with Crippen molar-refractivity contribution in [2.45, 2.75) is 39.5 Å². The molecule has 1 fully saturated rings. The quantitative estimate of drug-likeness (QED) is 0.873. The average Bonchev–Trinajstić information content (AvgIpc) is 3.18. The van der Waals surface area contributed by atoms with Gasteiger partial charge in [-0.2, -0.15) is 10.2 Å². The highest BCUT2D eigenvalue weighted by Gasteiger charge is 2.29. The summed E-state index contributed by atoms with van der Waals surface area (Å²) in [6.07, 6.45) is 3.72. The summed E-state index contributed by atoms with van der Waals surface area (Å²) in [7, 11) is 1.88. The predicted octanol–water partition coefficient (Wildman–Crippen LogP) is 0.961. The van der Waals surface area contributed by atoms with Gasteiger partial charge in [0.2, 0.25) is 5.91 Å². The van der Waals surface area contributed by atoms with Crippen molar-refractivity contribution in [3.8, 4) is 0 Å². The molecule has 8 nitrogen and oxygen atoms in total. The second-order valence-electron chi connectivity index (χ2n) is 6.55. The molecular weight excluding hydrogens is 320 g/mol. The molecule has 136 valence electrons. The van der Waals surface area contributed by atoms with E-state index in [4.69, 9.17) is 4.74 Å². The molecular formula is C17H26N6O2. The Bertz CT molecular complexity index is 724. The van der Waals surface area contributed by atoms with E-state index in [1.54, 1.807) is 10.9 Å².